The fraction of sp³-hybridized carbons (Fsp3) is 0.278. The van der Waals surface area contributed by atoms with Gasteiger partial charge in [0, 0.05) is 18.2 Å². The molecule has 1 aromatic carbocycles. The van der Waals surface area contributed by atoms with Crippen LogP contribution in [0.2, 0.25) is 0 Å². The molecule has 4 N–H and O–H groups in total. The third kappa shape index (κ3) is 5.17. The summed E-state index contributed by atoms with van der Waals surface area (Å²) in [5, 5.41) is 12.0. The van der Waals surface area contributed by atoms with E-state index >= 15 is 0 Å². The van der Waals surface area contributed by atoms with Crippen molar-refractivity contribution in [1.82, 2.24) is 9.97 Å². The van der Waals surface area contributed by atoms with Gasteiger partial charge in [-0.2, -0.15) is 0 Å². The van der Waals surface area contributed by atoms with E-state index < -0.39 is 5.97 Å². The number of nitrogens with one attached hydrogen (secondary N) is 1. The normalized spacial score (nSPS) is 11.6. The Kier molecular flexibility index (Phi) is 5.65. The molecule has 0 amide bonds. The summed E-state index contributed by atoms with van der Waals surface area (Å²) in [5.74, 6) is -0.297. The number of rotatable bonds is 7. The van der Waals surface area contributed by atoms with Gasteiger partial charge in [-0.05, 0) is 29.7 Å². The zero-order valence-electron chi connectivity index (χ0n) is 13.9. The highest BCUT2D eigenvalue weighted by atomic mass is 16.4. The molecular weight excluding hydrogens is 304 g/mol. The maximum absolute atomic E-state index is 10.6. The van der Waals surface area contributed by atoms with Crippen LogP contribution in [0, 0.1) is 5.41 Å². The number of carbonyl (C=O) groups is 1. The molecule has 0 saturated heterocycles. The first-order valence-corrected chi connectivity index (χ1v) is 7.67. The van der Waals surface area contributed by atoms with Crippen LogP contribution in [-0.2, 0) is 4.79 Å². The van der Waals surface area contributed by atoms with E-state index in [4.69, 9.17) is 10.8 Å². The Labute approximate surface area is 141 Å². The molecule has 0 aliphatic carbocycles. The molecular formula is C18H22N4O2. The Balaban J connectivity index is 2.19. The molecule has 0 bridgehead atoms. The topological polar surface area (TPSA) is 101 Å². The molecule has 6 heteroatoms. The minimum Gasteiger partial charge on any atom is -0.478 e. The van der Waals surface area contributed by atoms with Crippen LogP contribution in [0.5, 0.6) is 0 Å². The predicted molar refractivity (Wildman–Crippen MR) is 95.5 cm³/mol. The van der Waals surface area contributed by atoms with Crippen molar-refractivity contribution in [2.75, 3.05) is 18.4 Å². The zero-order chi connectivity index (χ0) is 17.6. The van der Waals surface area contributed by atoms with Crippen LogP contribution in [0.15, 0.2) is 42.7 Å². The zero-order valence-corrected chi connectivity index (χ0v) is 13.9. The van der Waals surface area contributed by atoms with Gasteiger partial charge in [-0.15, -0.1) is 0 Å². The van der Waals surface area contributed by atoms with Crippen molar-refractivity contribution >= 4 is 17.9 Å². The molecule has 126 valence electrons. The molecule has 0 aliphatic heterocycles. The number of carboxylic acids is 1. The minimum atomic E-state index is -0.978. The summed E-state index contributed by atoms with van der Waals surface area (Å²) in [6.07, 6.45) is 6.01. The summed E-state index contributed by atoms with van der Waals surface area (Å²) in [4.78, 5) is 19.4. The Morgan fingerprint density at radius 1 is 1.38 bits per heavy atom. The molecule has 0 aliphatic rings. The number of aromatic nitrogens is 2. The maximum Gasteiger partial charge on any atom is 0.328 e. The third-order valence-corrected chi connectivity index (χ3v) is 3.54. The first-order valence-electron chi connectivity index (χ1n) is 7.67. The van der Waals surface area contributed by atoms with Crippen LogP contribution in [0.25, 0.3) is 17.3 Å². The van der Waals surface area contributed by atoms with Gasteiger partial charge >= 0.3 is 5.97 Å². The molecule has 0 spiro atoms. The smallest absolute Gasteiger partial charge is 0.328 e. The molecule has 2 aromatic rings. The van der Waals surface area contributed by atoms with Gasteiger partial charge in [0.2, 0.25) is 0 Å². The van der Waals surface area contributed by atoms with E-state index in [9.17, 15) is 4.79 Å². The average Bonchev–Trinajstić information content (AvgIpc) is 2.59. The van der Waals surface area contributed by atoms with Crippen molar-refractivity contribution < 1.29 is 9.90 Å². The van der Waals surface area contributed by atoms with Gasteiger partial charge < -0.3 is 16.2 Å². The number of benzene rings is 1. The number of hydrogen-bond donors (Lipinski definition) is 3. The van der Waals surface area contributed by atoms with Crippen LogP contribution in [0.1, 0.15) is 19.4 Å². The summed E-state index contributed by atoms with van der Waals surface area (Å²) in [5.41, 5.74) is 8.09. The van der Waals surface area contributed by atoms with E-state index in [-0.39, 0.29) is 5.41 Å². The fourth-order valence-corrected chi connectivity index (χ4v) is 1.96. The second-order valence-corrected chi connectivity index (χ2v) is 6.31. The van der Waals surface area contributed by atoms with E-state index in [1.165, 1.54) is 0 Å². The first kappa shape index (κ1) is 17.6. The Morgan fingerprint density at radius 3 is 2.88 bits per heavy atom. The minimum absolute atomic E-state index is 0.0285. The van der Waals surface area contributed by atoms with Crippen molar-refractivity contribution in [2.45, 2.75) is 13.8 Å². The highest BCUT2D eigenvalue weighted by Gasteiger charge is 2.15. The van der Waals surface area contributed by atoms with Gasteiger partial charge in [-0.25, -0.2) is 9.78 Å². The number of hydrogen-bond acceptors (Lipinski definition) is 5. The molecule has 0 fully saturated rings. The van der Waals surface area contributed by atoms with Gasteiger partial charge in [-0.3, -0.25) is 4.98 Å². The van der Waals surface area contributed by atoms with Crippen molar-refractivity contribution in [3.05, 3.63) is 48.3 Å². The number of aliphatic carboxylic acids is 1. The molecule has 0 unspecified atom stereocenters. The Hall–Kier alpha value is -2.73. The van der Waals surface area contributed by atoms with Gasteiger partial charge in [0.05, 0.1) is 18.1 Å². The number of anilines is 1. The van der Waals surface area contributed by atoms with E-state index in [1.807, 2.05) is 24.3 Å². The second-order valence-electron chi connectivity index (χ2n) is 6.31. The third-order valence-electron chi connectivity index (χ3n) is 3.54. The summed E-state index contributed by atoms with van der Waals surface area (Å²) in [6.45, 7) is 5.43. The van der Waals surface area contributed by atoms with Gasteiger partial charge in [0.25, 0.3) is 0 Å². The Morgan fingerprint density at radius 2 is 2.17 bits per heavy atom. The summed E-state index contributed by atoms with van der Waals surface area (Å²) < 4.78 is 0. The summed E-state index contributed by atoms with van der Waals surface area (Å²) >= 11 is 0. The molecule has 1 aromatic heterocycles. The number of carboxylic acid groups (broad SMARTS) is 1. The van der Waals surface area contributed by atoms with Crippen molar-refractivity contribution in [1.29, 1.82) is 0 Å². The van der Waals surface area contributed by atoms with E-state index in [2.05, 4.69) is 29.1 Å². The van der Waals surface area contributed by atoms with E-state index in [0.717, 1.165) is 22.9 Å². The summed E-state index contributed by atoms with van der Waals surface area (Å²) in [6, 6.07) is 7.48. The molecule has 24 heavy (non-hydrogen) atoms. The lowest BCUT2D eigenvalue weighted by Gasteiger charge is -2.22. The van der Waals surface area contributed by atoms with Crippen LogP contribution in [0.4, 0.5) is 5.82 Å². The molecule has 2 rings (SSSR count). The molecule has 1 heterocycles. The molecule has 0 atom stereocenters. The van der Waals surface area contributed by atoms with E-state index in [0.29, 0.717) is 18.9 Å². The monoisotopic (exact) mass is 326 g/mol. The van der Waals surface area contributed by atoms with Crippen molar-refractivity contribution in [2.24, 2.45) is 11.1 Å². The van der Waals surface area contributed by atoms with Crippen LogP contribution in [0.3, 0.4) is 0 Å². The lowest BCUT2D eigenvalue weighted by Crippen LogP contribution is -2.31. The molecule has 0 saturated carbocycles. The lowest BCUT2D eigenvalue weighted by atomic mass is 9.94. The Bertz CT molecular complexity index is 741. The summed E-state index contributed by atoms with van der Waals surface area (Å²) in [7, 11) is 0. The molecule has 0 radical (unpaired) electrons. The second kappa shape index (κ2) is 7.70. The van der Waals surface area contributed by atoms with Gasteiger partial charge in [-0.1, -0.05) is 32.0 Å². The maximum atomic E-state index is 10.6. The lowest BCUT2D eigenvalue weighted by molar-refractivity contribution is -0.131. The van der Waals surface area contributed by atoms with Crippen molar-refractivity contribution in [3.8, 4) is 11.3 Å². The molecule has 6 nitrogen and oxygen atoms in total. The van der Waals surface area contributed by atoms with Crippen LogP contribution in [-0.4, -0.2) is 34.1 Å². The standard InChI is InChI=1S/C18H22N4O2/c1-18(2,11-19)12-21-16-10-20-9-15(22-16)14-5-3-4-13(8-14)6-7-17(23)24/h3-10H,11-12,19H2,1-2H3,(H,21,22)(H,23,24)/b7-6+. The van der Waals surface area contributed by atoms with Crippen LogP contribution < -0.4 is 11.1 Å². The quantitative estimate of drug-likeness (QED) is 0.676. The number of nitrogens with zero attached hydrogens (tertiary/aromatic N) is 2. The largest absolute Gasteiger partial charge is 0.478 e. The van der Waals surface area contributed by atoms with Crippen molar-refractivity contribution in [3.63, 3.8) is 0 Å². The highest BCUT2D eigenvalue weighted by molar-refractivity contribution is 5.85. The fourth-order valence-electron chi connectivity index (χ4n) is 1.96. The van der Waals surface area contributed by atoms with Crippen LogP contribution >= 0.6 is 0 Å². The van der Waals surface area contributed by atoms with Gasteiger partial charge in [0.1, 0.15) is 5.82 Å². The SMILES string of the molecule is CC(C)(CN)CNc1cncc(-c2cccc(/C=C/C(=O)O)c2)n1. The van der Waals surface area contributed by atoms with E-state index in [1.54, 1.807) is 18.5 Å². The predicted octanol–water partition coefficient (Wildman–Crippen LogP) is 2.64. The van der Waals surface area contributed by atoms with Gasteiger partial charge in [0.15, 0.2) is 0 Å². The number of nitrogens with two attached hydrogens (primary N) is 1. The average molecular weight is 326 g/mol. The first-order chi connectivity index (χ1) is 11.4. The highest BCUT2D eigenvalue weighted by Crippen LogP contribution is 2.20.